The van der Waals surface area contributed by atoms with Gasteiger partial charge in [0.1, 0.15) is 0 Å². The number of nitrogens with one attached hydrogen (secondary N) is 1. The first kappa shape index (κ1) is 25.1. The summed E-state index contributed by atoms with van der Waals surface area (Å²) in [6.07, 6.45) is 3.28. The van der Waals surface area contributed by atoms with Crippen LogP contribution in [0.15, 0.2) is 66.7 Å². The first-order chi connectivity index (χ1) is 17.4. The average Bonchev–Trinajstić information content (AvgIpc) is 2.93. The summed E-state index contributed by atoms with van der Waals surface area (Å²) in [4.78, 5) is 40.7. The number of hydroxylamine groups is 1. The minimum absolute atomic E-state index is 0.101. The molecule has 0 unspecified atom stereocenters. The highest BCUT2D eigenvalue weighted by Gasteiger charge is 2.28. The van der Waals surface area contributed by atoms with Crippen LogP contribution in [0.25, 0.3) is 11.1 Å². The number of rotatable bonds is 7. The Balaban J connectivity index is 1.80. The van der Waals surface area contributed by atoms with E-state index in [1.54, 1.807) is 46.8 Å². The summed E-state index contributed by atoms with van der Waals surface area (Å²) in [5.74, 6) is -0.833. The van der Waals surface area contributed by atoms with E-state index in [0.29, 0.717) is 35.5 Å². The van der Waals surface area contributed by atoms with Crippen molar-refractivity contribution in [1.82, 2.24) is 10.4 Å². The maximum Gasteiger partial charge on any atom is 0.274 e. The Kier molecular flexibility index (Phi) is 7.77. The van der Waals surface area contributed by atoms with Crippen molar-refractivity contribution in [3.05, 3.63) is 83.4 Å². The summed E-state index contributed by atoms with van der Waals surface area (Å²) < 4.78 is 0. The topological polar surface area (TPSA) is 110 Å². The quantitative estimate of drug-likeness (QED) is 0.264. The SMILES string of the molecule is Cc1ccc(N(C=O)c2cc(C(=O)N3CCCC[C@H]3CO)cc(-c3ccc(C(=O)NO)cc3)c2)cc1. The summed E-state index contributed by atoms with van der Waals surface area (Å²) in [5.41, 5.74) is 5.94. The van der Waals surface area contributed by atoms with Crippen LogP contribution in [0.5, 0.6) is 0 Å². The van der Waals surface area contributed by atoms with Gasteiger partial charge in [-0.15, -0.1) is 0 Å². The third-order valence-electron chi connectivity index (χ3n) is 6.54. The van der Waals surface area contributed by atoms with Gasteiger partial charge < -0.3 is 10.0 Å². The van der Waals surface area contributed by atoms with E-state index in [1.165, 1.54) is 4.90 Å². The molecule has 1 fully saturated rings. The van der Waals surface area contributed by atoms with Crippen LogP contribution in [0.2, 0.25) is 0 Å². The van der Waals surface area contributed by atoms with E-state index in [4.69, 9.17) is 5.21 Å². The third-order valence-corrected chi connectivity index (χ3v) is 6.54. The zero-order chi connectivity index (χ0) is 25.7. The molecule has 0 aromatic heterocycles. The molecular formula is C28H29N3O5. The summed E-state index contributed by atoms with van der Waals surface area (Å²) in [6.45, 7) is 2.42. The fraction of sp³-hybridized carbons (Fsp3) is 0.250. The van der Waals surface area contributed by atoms with E-state index in [9.17, 15) is 19.5 Å². The fourth-order valence-corrected chi connectivity index (χ4v) is 4.52. The smallest absolute Gasteiger partial charge is 0.274 e. The van der Waals surface area contributed by atoms with Gasteiger partial charge in [0, 0.05) is 23.4 Å². The highest BCUT2D eigenvalue weighted by molar-refractivity contribution is 5.99. The van der Waals surface area contributed by atoms with E-state index in [1.807, 2.05) is 37.3 Å². The number of carbonyl (C=O) groups excluding carboxylic acids is 3. The van der Waals surface area contributed by atoms with Gasteiger partial charge in [0.2, 0.25) is 6.41 Å². The van der Waals surface area contributed by atoms with E-state index in [0.717, 1.165) is 30.4 Å². The second-order valence-electron chi connectivity index (χ2n) is 8.93. The van der Waals surface area contributed by atoms with Crippen molar-refractivity contribution in [2.75, 3.05) is 18.1 Å². The second kappa shape index (κ2) is 11.2. The number of hydrogen-bond donors (Lipinski definition) is 3. The molecule has 3 N–H and O–H groups in total. The second-order valence-corrected chi connectivity index (χ2v) is 8.93. The number of carbonyl (C=O) groups is 3. The third kappa shape index (κ3) is 5.30. The van der Waals surface area contributed by atoms with Gasteiger partial charge in [-0.25, -0.2) is 5.48 Å². The molecule has 4 rings (SSSR count). The molecule has 1 atom stereocenters. The van der Waals surface area contributed by atoms with Crippen molar-refractivity contribution in [3.8, 4) is 11.1 Å². The molecule has 3 aromatic carbocycles. The lowest BCUT2D eigenvalue weighted by atomic mass is 9.97. The Bertz CT molecular complexity index is 1240. The first-order valence-corrected chi connectivity index (χ1v) is 11.9. The molecule has 0 bridgehead atoms. The maximum atomic E-state index is 13.6. The number of nitrogens with zero attached hydrogens (tertiary/aromatic N) is 2. The lowest BCUT2D eigenvalue weighted by Crippen LogP contribution is -2.45. The number of piperidine rings is 1. The standard InChI is InChI=1S/C28H29N3O5/c1-19-5-11-24(12-6-19)31(18-33)26-15-22(20-7-9-21(10-8-20)27(34)29-36)14-23(16-26)28(35)30-13-3-2-4-25(30)17-32/h5-12,14-16,18,25,32,36H,2-4,13,17H2,1H3,(H,29,34)/t25-/m0/s1. The Labute approximate surface area is 209 Å². The van der Waals surface area contributed by atoms with Crippen LogP contribution in [0.1, 0.15) is 45.5 Å². The molecule has 0 spiro atoms. The summed E-state index contributed by atoms with van der Waals surface area (Å²) >= 11 is 0. The van der Waals surface area contributed by atoms with Crippen LogP contribution >= 0.6 is 0 Å². The summed E-state index contributed by atoms with van der Waals surface area (Å²) in [6, 6.07) is 19.1. The predicted molar refractivity (Wildman–Crippen MR) is 136 cm³/mol. The Hall–Kier alpha value is -4.01. The molecule has 1 saturated heterocycles. The van der Waals surface area contributed by atoms with Crippen molar-refractivity contribution < 1.29 is 24.7 Å². The summed E-state index contributed by atoms with van der Waals surface area (Å²) in [5, 5.41) is 18.7. The van der Waals surface area contributed by atoms with Gasteiger partial charge in [0.25, 0.3) is 11.8 Å². The van der Waals surface area contributed by atoms with Crippen LogP contribution in [-0.2, 0) is 4.79 Å². The number of anilines is 2. The molecule has 36 heavy (non-hydrogen) atoms. The van der Waals surface area contributed by atoms with Crippen molar-refractivity contribution in [2.24, 2.45) is 0 Å². The minimum Gasteiger partial charge on any atom is -0.394 e. The molecule has 1 aliphatic heterocycles. The van der Waals surface area contributed by atoms with Gasteiger partial charge >= 0.3 is 0 Å². The largest absolute Gasteiger partial charge is 0.394 e. The molecule has 0 aliphatic carbocycles. The monoisotopic (exact) mass is 487 g/mol. The average molecular weight is 488 g/mol. The Morgan fingerprint density at radius 3 is 2.33 bits per heavy atom. The lowest BCUT2D eigenvalue weighted by molar-refractivity contribution is -0.106. The van der Waals surface area contributed by atoms with Gasteiger partial charge in [-0.3, -0.25) is 24.5 Å². The number of likely N-dealkylation sites (tertiary alicyclic amines) is 1. The van der Waals surface area contributed by atoms with Crippen molar-refractivity contribution in [3.63, 3.8) is 0 Å². The Morgan fingerprint density at radius 1 is 0.972 bits per heavy atom. The van der Waals surface area contributed by atoms with Gasteiger partial charge in [-0.05, 0) is 79.8 Å². The molecule has 1 aliphatic rings. The normalized spacial score (nSPS) is 15.3. The molecule has 3 amide bonds. The van der Waals surface area contributed by atoms with E-state index in [2.05, 4.69) is 0 Å². The first-order valence-electron chi connectivity index (χ1n) is 11.9. The molecule has 8 nitrogen and oxygen atoms in total. The molecule has 1 heterocycles. The minimum atomic E-state index is -0.627. The number of benzene rings is 3. The van der Waals surface area contributed by atoms with Crippen molar-refractivity contribution in [1.29, 1.82) is 0 Å². The number of amides is 3. The Morgan fingerprint density at radius 2 is 1.69 bits per heavy atom. The fourth-order valence-electron chi connectivity index (χ4n) is 4.52. The van der Waals surface area contributed by atoms with Crippen LogP contribution in [0, 0.1) is 6.92 Å². The molecule has 3 aromatic rings. The summed E-state index contributed by atoms with van der Waals surface area (Å²) in [7, 11) is 0. The highest BCUT2D eigenvalue weighted by atomic mass is 16.5. The lowest BCUT2D eigenvalue weighted by Gasteiger charge is -2.35. The van der Waals surface area contributed by atoms with Gasteiger partial charge in [-0.1, -0.05) is 29.8 Å². The van der Waals surface area contributed by atoms with E-state index < -0.39 is 5.91 Å². The molecule has 0 radical (unpaired) electrons. The predicted octanol–water partition coefficient (Wildman–Crippen LogP) is 4.06. The van der Waals surface area contributed by atoms with Gasteiger partial charge in [-0.2, -0.15) is 0 Å². The van der Waals surface area contributed by atoms with Crippen LogP contribution in [-0.4, -0.2) is 52.6 Å². The van der Waals surface area contributed by atoms with Crippen LogP contribution in [0.3, 0.4) is 0 Å². The zero-order valence-electron chi connectivity index (χ0n) is 20.1. The number of aryl methyl sites for hydroxylation is 1. The number of aliphatic hydroxyl groups excluding tert-OH is 1. The van der Waals surface area contributed by atoms with Crippen molar-refractivity contribution in [2.45, 2.75) is 32.2 Å². The molecule has 8 heteroatoms. The molecule has 0 saturated carbocycles. The van der Waals surface area contributed by atoms with Crippen LogP contribution < -0.4 is 10.4 Å². The van der Waals surface area contributed by atoms with Gasteiger partial charge in [0.15, 0.2) is 0 Å². The molecular weight excluding hydrogens is 458 g/mol. The zero-order valence-corrected chi connectivity index (χ0v) is 20.1. The number of aliphatic hydroxyl groups is 1. The van der Waals surface area contributed by atoms with E-state index in [-0.39, 0.29) is 24.1 Å². The van der Waals surface area contributed by atoms with Crippen LogP contribution in [0.4, 0.5) is 11.4 Å². The highest BCUT2D eigenvalue weighted by Crippen LogP contribution is 2.32. The molecule has 186 valence electrons. The maximum absolute atomic E-state index is 13.6. The number of hydrogen-bond acceptors (Lipinski definition) is 5. The van der Waals surface area contributed by atoms with Gasteiger partial charge in [0.05, 0.1) is 18.3 Å². The van der Waals surface area contributed by atoms with Crippen molar-refractivity contribution >= 4 is 29.6 Å². The van der Waals surface area contributed by atoms with E-state index >= 15 is 0 Å².